The normalized spacial score (nSPS) is 25.4. The van der Waals surface area contributed by atoms with Crippen molar-refractivity contribution in [2.45, 2.75) is 185 Å². The van der Waals surface area contributed by atoms with E-state index >= 15 is 9.59 Å². The predicted molar refractivity (Wildman–Crippen MR) is 423 cm³/mol. The highest BCUT2D eigenvalue weighted by molar-refractivity contribution is 8.00. The van der Waals surface area contributed by atoms with Gasteiger partial charge in [-0.3, -0.25) is 81.5 Å². The number of carbonyl (C=O) groups is 17. The molecular weight excluding hydrogens is 1520 g/mol. The first-order chi connectivity index (χ1) is 54.9. The summed E-state index contributed by atoms with van der Waals surface area (Å²) in [7, 11) is 2.47. The third-order valence-corrected chi connectivity index (χ3v) is 21.7. The number of aliphatic hydroxyl groups is 4. The maximum absolute atomic E-state index is 15.3. The highest BCUT2D eigenvalue weighted by Crippen LogP contribution is 2.28. The summed E-state index contributed by atoms with van der Waals surface area (Å²) in [6, 6.07) is 18.6. The number of nitrogens with zero attached hydrogens (tertiary/aromatic N) is 3. The number of nitrogens with two attached hydrogens (primary N) is 2. The molecule has 0 radical (unpaired) electrons. The lowest BCUT2D eigenvalue weighted by Crippen LogP contribution is -2.57. The lowest BCUT2D eigenvalue weighted by Gasteiger charge is -2.33. The first-order valence-electron chi connectivity index (χ1n) is 38.4. The summed E-state index contributed by atoms with van der Waals surface area (Å²) in [5.41, 5.74) is 14.2. The van der Waals surface area contributed by atoms with Crippen LogP contribution >= 0.6 is 11.8 Å². The summed E-state index contributed by atoms with van der Waals surface area (Å²) in [4.78, 5) is 243. The third kappa shape index (κ3) is 27.9. The number of rotatable bonds is 20. The van der Waals surface area contributed by atoms with Crippen LogP contribution in [-0.2, 0) is 101 Å². The Morgan fingerprint density at radius 1 is 0.500 bits per heavy atom. The number of carbonyl (C=O) groups excluding carboxylic acids is 16. The van der Waals surface area contributed by atoms with Crippen LogP contribution in [0.3, 0.4) is 0 Å². The van der Waals surface area contributed by atoms with E-state index in [-0.39, 0.29) is 44.4 Å². The van der Waals surface area contributed by atoms with Crippen LogP contribution in [0.15, 0.2) is 115 Å². The smallest absolute Gasteiger partial charge is 0.304 e. The molecule has 0 saturated carbocycles. The number of hydrogen-bond donors (Lipinski definition) is 13. The fourth-order valence-electron chi connectivity index (χ4n) is 13.9. The number of carboxylic acid groups (broad SMARTS) is 1. The van der Waals surface area contributed by atoms with Crippen LogP contribution in [0, 0.1) is 29.6 Å². The number of nitrogens with one attached hydrogen (secondary N) is 6. The first kappa shape index (κ1) is 93.9. The van der Waals surface area contributed by atoms with Crippen molar-refractivity contribution < 1.29 is 107 Å². The average Bonchev–Trinajstić information content (AvgIpc) is 1.42. The molecule has 0 aromatic heterocycles. The van der Waals surface area contributed by atoms with Gasteiger partial charge in [0.05, 0.1) is 79.5 Å². The summed E-state index contributed by atoms with van der Waals surface area (Å²) in [6.07, 6.45) is -10.0. The van der Waals surface area contributed by atoms with Crippen molar-refractivity contribution in [3.8, 4) is 11.1 Å². The number of aliphatic carboxylic acids is 1. The van der Waals surface area contributed by atoms with E-state index in [9.17, 15) is 97.5 Å². The van der Waals surface area contributed by atoms with E-state index in [0.717, 1.165) is 51.4 Å². The van der Waals surface area contributed by atoms with E-state index in [1.165, 1.54) is 34.9 Å². The standard InChI is InChI=1S/C82H107N11O22S/c1-45(2)73-67(101)36-55(39-72(106)107)76(109)90-74(48(5)97)68(102)40-57(47(4)96)77(110)87-59(41-94)81(114)92(7)63(34-50-20-13-9-14-21-50)66(100)37-56(32-51-25-27-53(28-26-51)52-22-15-10-16-23-52)80(113)91(6)46(3)65(99)35-54(38-70(84)104)75(108)86-60(42-95)82(115)93-31-17-24-62(93)79(112)88-61(64(98)29-30-69(83)103)43-116-44-71(105)85-58(78(111)89-73)33-49-18-11-8-12-19-49/h8-16,18-23,25-28,45-48,54-63,73-74,94-97H,17,24,29-44H2,1-7H3,(H2,83,103)(H2,84,104)(H,85,105)(H,86,108)(H,87,110)(H,88,112)(H,89,111)(H,90,109)(H,106,107)/t46-,47+,48+,54-,55-,56+,57-,58-,59-,60-,61-,62-,63-,73-,74-/m0/s1. The molecule has 2 aliphatic heterocycles. The van der Waals surface area contributed by atoms with Gasteiger partial charge in [0.1, 0.15) is 30.2 Å². The van der Waals surface area contributed by atoms with Crippen molar-refractivity contribution in [2.75, 3.05) is 45.4 Å². The number of benzene rings is 4. The monoisotopic (exact) mass is 1630 g/mol. The van der Waals surface area contributed by atoms with E-state index in [4.69, 9.17) is 11.5 Å². The molecule has 33 nitrogen and oxygen atoms in total. The number of amides is 11. The molecule has 2 heterocycles. The summed E-state index contributed by atoms with van der Waals surface area (Å²) < 4.78 is 0. The van der Waals surface area contributed by atoms with Gasteiger partial charge in [0, 0.05) is 83.7 Å². The lowest BCUT2D eigenvalue weighted by molar-refractivity contribution is -0.146. The summed E-state index contributed by atoms with van der Waals surface area (Å²) in [5.74, 6) is -25.2. The predicted octanol–water partition coefficient (Wildman–Crippen LogP) is -0.410. The van der Waals surface area contributed by atoms with E-state index in [2.05, 4.69) is 31.9 Å². The highest BCUT2D eigenvalue weighted by atomic mass is 32.2. The number of primary amides is 2. The zero-order valence-corrected chi connectivity index (χ0v) is 66.8. The molecule has 0 bridgehead atoms. The Bertz CT molecular complexity index is 4150. The van der Waals surface area contributed by atoms with Gasteiger partial charge in [0.2, 0.25) is 65.0 Å². The SMILES string of the molecule is CC(C)[C@@H]1NC(=O)[C@H](Cc2ccccc2)NC(=O)CSC[C@@H](C(=O)CCC(N)=O)NC(=O)[C@@H]2CCCN2C(=O)[C@H](CO)NC(=O)[C@H](CC(N)=O)CC(=O)[C@H](C)N(C)C(=O)[C@H](Cc2ccc(-c3ccccc3)cc2)CC(=O)[C@H](Cc2ccccc2)N(C)C(=O)[C@H](CO)NC(=O)[C@H]([C@@H](C)O)CC(=O)[C@H]([C@@H](C)O)NC(=O)[C@H](CC(=O)O)CC1=O. The largest absolute Gasteiger partial charge is 0.481 e. The Hall–Kier alpha value is -10.9. The molecule has 6 rings (SSSR count). The first-order valence-corrected chi connectivity index (χ1v) is 39.5. The molecule has 0 unspecified atom stereocenters. The van der Waals surface area contributed by atoms with E-state index in [1.807, 2.05) is 30.3 Å². The summed E-state index contributed by atoms with van der Waals surface area (Å²) >= 11 is 0.802. The highest BCUT2D eigenvalue weighted by Gasteiger charge is 2.44. The third-order valence-electron chi connectivity index (χ3n) is 20.7. The molecule has 11 amide bonds. The molecule has 2 aliphatic rings. The zero-order valence-electron chi connectivity index (χ0n) is 66.0. The maximum Gasteiger partial charge on any atom is 0.304 e. The van der Waals surface area contributed by atoms with Gasteiger partial charge in [0.15, 0.2) is 28.9 Å². The van der Waals surface area contributed by atoms with Gasteiger partial charge in [-0.15, -0.1) is 11.8 Å². The molecule has 2 fully saturated rings. The number of thioether (sulfide) groups is 1. The molecule has 4 aromatic carbocycles. The number of Topliss-reactive ketones (excluding diaryl/α,β-unsaturated/α-hetero) is 5. The van der Waals surface area contributed by atoms with Gasteiger partial charge >= 0.3 is 5.97 Å². The Labute approximate surface area is 676 Å². The quantitative estimate of drug-likeness (QED) is 0.0535. The number of fused-ring (bicyclic) bond motifs is 1. The van der Waals surface area contributed by atoms with Crippen molar-refractivity contribution in [1.29, 1.82) is 0 Å². The Kier molecular flexibility index (Phi) is 36.7. The average molecular weight is 1630 g/mol. The number of carboxylic acids is 1. The molecule has 15 atom stereocenters. The van der Waals surface area contributed by atoms with Crippen LogP contribution in [0.1, 0.15) is 116 Å². The van der Waals surface area contributed by atoms with Crippen LogP contribution in [0.4, 0.5) is 0 Å². The van der Waals surface area contributed by atoms with Gasteiger partial charge in [-0.25, -0.2) is 0 Å². The topological polar surface area (TPSA) is 525 Å². The second-order valence-electron chi connectivity index (χ2n) is 29.9. The van der Waals surface area contributed by atoms with Crippen LogP contribution in [-0.4, -0.2) is 252 Å². The Balaban J connectivity index is 1.41. The van der Waals surface area contributed by atoms with Crippen molar-refractivity contribution in [3.63, 3.8) is 0 Å². The fraction of sp³-hybridized carbons (Fsp3) is 0.500. The van der Waals surface area contributed by atoms with Gasteiger partial charge < -0.3 is 83.6 Å². The fourth-order valence-corrected chi connectivity index (χ4v) is 14.8. The minimum absolute atomic E-state index is 0.0116. The van der Waals surface area contributed by atoms with Gasteiger partial charge in [-0.2, -0.15) is 0 Å². The van der Waals surface area contributed by atoms with Gasteiger partial charge in [-0.1, -0.05) is 129 Å². The number of aliphatic hydroxyl groups excluding tert-OH is 4. The van der Waals surface area contributed by atoms with Crippen LogP contribution in [0.2, 0.25) is 0 Å². The molecular formula is C82H107N11O22S. The molecule has 4 aromatic rings. The molecule has 628 valence electrons. The van der Waals surface area contributed by atoms with Gasteiger partial charge in [-0.05, 0) is 80.2 Å². The molecule has 15 N–H and O–H groups in total. The second kappa shape index (κ2) is 45.4. The number of ketones is 5. The summed E-state index contributed by atoms with van der Waals surface area (Å²) in [6.45, 7) is 4.19. The van der Waals surface area contributed by atoms with Gasteiger partial charge in [0.25, 0.3) is 0 Å². The molecule has 2 saturated heterocycles. The summed E-state index contributed by atoms with van der Waals surface area (Å²) in [5, 5.41) is 68.7. The van der Waals surface area contributed by atoms with Crippen molar-refractivity contribution >= 4 is 112 Å². The van der Waals surface area contributed by atoms with Crippen LogP contribution < -0.4 is 43.4 Å². The number of hydrogen-bond acceptors (Lipinski definition) is 22. The van der Waals surface area contributed by atoms with Crippen LogP contribution in [0.25, 0.3) is 11.1 Å². The van der Waals surface area contributed by atoms with E-state index in [1.54, 1.807) is 84.9 Å². The Morgan fingerprint density at radius 2 is 1.02 bits per heavy atom. The van der Waals surface area contributed by atoms with Crippen molar-refractivity contribution in [2.24, 2.45) is 41.1 Å². The molecule has 0 spiro atoms. The second-order valence-corrected chi connectivity index (χ2v) is 30.9. The Morgan fingerprint density at radius 3 is 1.58 bits per heavy atom. The molecule has 116 heavy (non-hydrogen) atoms. The minimum atomic E-state index is -1.96. The van der Waals surface area contributed by atoms with Crippen LogP contribution in [0.5, 0.6) is 0 Å². The van der Waals surface area contributed by atoms with Crippen molar-refractivity contribution in [1.82, 2.24) is 46.6 Å². The maximum atomic E-state index is 15.3. The van der Waals surface area contributed by atoms with E-state index < -0.39 is 266 Å². The van der Waals surface area contributed by atoms with E-state index in [0.29, 0.717) is 16.7 Å². The number of likely N-dealkylation sites (N-methyl/N-ethyl adjacent to an activating group) is 2. The van der Waals surface area contributed by atoms with Crippen molar-refractivity contribution in [3.05, 3.63) is 132 Å². The molecule has 34 heteroatoms. The minimum Gasteiger partial charge on any atom is -0.481 e. The lowest BCUT2D eigenvalue weighted by atomic mass is 9.87. The zero-order chi connectivity index (χ0) is 85.8. The molecule has 0 aliphatic carbocycles.